The van der Waals surface area contributed by atoms with E-state index in [-0.39, 0.29) is 12.0 Å². The summed E-state index contributed by atoms with van der Waals surface area (Å²) in [5.74, 6) is -0.0158. The van der Waals surface area contributed by atoms with Gasteiger partial charge in [0.15, 0.2) is 11.5 Å². The highest BCUT2D eigenvalue weighted by atomic mass is 16.5. The van der Waals surface area contributed by atoms with Crippen LogP contribution in [0.2, 0.25) is 0 Å². The predicted octanol–water partition coefficient (Wildman–Crippen LogP) is 2.15. The molecule has 0 aliphatic heterocycles. The minimum absolute atomic E-state index is 0.0353. The van der Waals surface area contributed by atoms with E-state index < -0.39 is 5.97 Å². The standard InChI is InChI=1S/C14H16O5/c1-9(14(16)17)11(6-7-15)10-4-5-12(18-2)13(8-10)19-3/h4-5,7-8H,6H2,1-3H3,(H,16,17). The summed E-state index contributed by atoms with van der Waals surface area (Å²) >= 11 is 0. The smallest absolute Gasteiger partial charge is 0.331 e. The van der Waals surface area contributed by atoms with Gasteiger partial charge in [-0.1, -0.05) is 6.07 Å². The van der Waals surface area contributed by atoms with Crippen molar-refractivity contribution in [2.24, 2.45) is 0 Å². The molecule has 19 heavy (non-hydrogen) atoms. The van der Waals surface area contributed by atoms with Gasteiger partial charge in [-0.3, -0.25) is 0 Å². The van der Waals surface area contributed by atoms with Gasteiger partial charge in [0, 0.05) is 12.0 Å². The molecule has 0 radical (unpaired) electrons. The van der Waals surface area contributed by atoms with Crippen LogP contribution in [0.5, 0.6) is 11.5 Å². The highest BCUT2D eigenvalue weighted by molar-refractivity contribution is 5.98. The predicted molar refractivity (Wildman–Crippen MR) is 70.5 cm³/mol. The molecule has 0 aromatic heterocycles. The number of hydrogen-bond donors (Lipinski definition) is 1. The molecule has 0 amide bonds. The number of carbonyl (C=O) groups is 2. The van der Waals surface area contributed by atoms with E-state index >= 15 is 0 Å². The Morgan fingerprint density at radius 1 is 1.26 bits per heavy atom. The van der Waals surface area contributed by atoms with Crippen LogP contribution < -0.4 is 9.47 Å². The molecule has 0 unspecified atom stereocenters. The van der Waals surface area contributed by atoms with Gasteiger partial charge in [-0.25, -0.2) is 4.79 Å². The number of carboxylic acids is 1. The number of benzene rings is 1. The molecule has 1 aromatic carbocycles. The number of aldehydes is 1. The van der Waals surface area contributed by atoms with Gasteiger partial charge < -0.3 is 19.4 Å². The van der Waals surface area contributed by atoms with Crippen LogP contribution in [0.1, 0.15) is 18.9 Å². The third kappa shape index (κ3) is 3.34. The molecule has 0 spiro atoms. The number of methoxy groups -OCH3 is 2. The fraction of sp³-hybridized carbons (Fsp3) is 0.286. The van der Waals surface area contributed by atoms with Crippen LogP contribution in [0.4, 0.5) is 0 Å². The first kappa shape index (κ1) is 14.8. The second-order valence-electron chi connectivity index (χ2n) is 3.85. The Labute approximate surface area is 111 Å². The Balaban J connectivity index is 3.36. The molecule has 1 aromatic rings. The topological polar surface area (TPSA) is 72.8 Å². The van der Waals surface area contributed by atoms with Gasteiger partial charge in [-0.2, -0.15) is 0 Å². The summed E-state index contributed by atoms with van der Waals surface area (Å²) in [6.45, 7) is 1.47. The molecule has 0 aliphatic rings. The number of rotatable bonds is 6. The van der Waals surface area contributed by atoms with E-state index in [0.717, 1.165) is 0 Å². The zero-order valence-corrected chi connectivity index (χ0v) is 11.1. The maximum atomic E-state index is 11.0. The van der Waals surface area contributed by atoms with E-state index in [1.54, 1.807) is 18.2 Å². The first-order chi connectivity index (χ1) is 9.04. The molecular weight excluding hydrogens is 248 g/mol. The molecule has 0 saturated heterocycles. The zero-order valence-electron chi connectivity index (χ0n) is 11.1. The summed E-state index contributed by atoms with van der Waals surface area (Å²) in [4.78, 5) is 21.7. The van der Waals surface area contributed by atoms with Crippen molar-refractivity contribution in [2.75, 3.05) is 14.2 Å². The fourth-order valence-corrected chi connectivity index (χ4v) is 1.72. The first-order valence-electron chi connectivity index (χ1n) is 5.64. The summed E-state index contributed by atoms with van der Waals surface area (Å²) in [6.07, 6.45) is 0.714. The fourth-order valence-electron chi connectivity index (χ4n) is 1.72. The first-order valence-corrected chi connectivity index (χ1v) is 5.64. The third-order valence-electron chi connectivity index (χ3n) is 2.79. The molecule has 0 heterocycles. The normalized spacial score (nSPS) is 11.5. The van der Waals surface area contributed by atoms with Crippen molar-refractivity contribution in [2.45, 2.75) is 13.3 Å². The number of hydrogen-bond acceptors (Lipinski definition) is 4. The molecule has 5 heteroatoms. The molecule has 1 rings (SSSR count). The van der Waals surface area contributed by atoms with Crippen LogP contribution in [-0.2, 0) is 9.59 Å². The highest BCUT2D eigenvalue weighted by Gasteiger charge is 2.13. The minimum Gasteiger partial charge on any atom is -0.493 e. The Hall–Kier alpha value is -2.30. The Morgan fingerprint density at radius 2 is 1.89 bits per heavy atom. The Kier molecular flexibility index (Phi) is 5.11. The van der Waals surface area contributed by atoms with Gasteiger partial charge in [0.25, 0.3) is 0 Å². The largest absolute Gasteiger partial charge is 0.493 e. The van der Waals surface area contributed by atoms with Gasteiger partial charge in [0.1, 0.15) is 6.29 Å². The van der Waals surface area contributed by atoms with E-state index in [9.17, 15) is 9.59 Å². The summed E-state index contributed by atoms with van der Waals surface area (Å²) < 4.78 is 10.3. The maximum absolute atomic E-state index is 11.0. The molecule has 0 saturated carbocycles. The van der Waals surface area contributed by atoms with Crippen LogP contribution in [0.15, 0.2) is 23.8 Å². The average molecular weight is 264 g/mol. The van der Waals surface area contributed by atoms with E-state index in [0.29, 0.717) is 28.9 Å². The lowest BCUT2D eigenvalue weighted by Crippen LogP contribution is -2.02. The Morgan fingerprint density at radius 3 is 2.37 bits per heavy atom. The van der Waals surface area contributed by atoms with Gasteiger partial charge in [-0.05, 0) is 30.2 Å². The molecule has 5 nitrogen and oxygen atoms in total. The number of allylic oxidation sites excluding steroid dienone is 1. The van der Waals surface area contributed by atoms with Crippen molar-refractivity contribution in [3.8, 4) is 11.5 Å². The number of ether oxygens (including phenoxy) is 2. The second kappa shape index (κ2) is 6.58. The monoisotopic (exact) mass is 264 g/mol. The third-order valence-corrected chi connectivity index (χ3v) is 2.79. The van der Waals surface area contributed by atoms with Gasteiger partial charge in [0.05, 0.1) is 14.2 Å². The molecule has 0 fully saturated rings. The number of carboxylic acid groups (broad SMARTS) is 1. The lowest BCUT2D eigenvalue weighted by molar-refractivity contribution is -0.132. The zero-order chi connectivity index (χ0) is 14.4. The summed E-state index contributed by atoms with van der Waals surface area (Å²) in [7, 11) is 3.01. The van der Waals surface area contributed by atoms with Crippen LogP contribution in [-0.4, -0.2) is 31.6 Å². The van der Waals surface area contributed by atoms with E-state index in [1.165, 1.54) is 21.1 Å². The van der Waals surface area contributed by atoms with Crippen molar-refractivity contribution < 1.29 is 24.2 Å². The SMILES string of the molecule is COc1ccc(C(CC=O)=C(C)C(=O)O)cc1OC. The number of carbonyl (C=O) groups excluding carboxylic acids is 1. The maximum Gasteiger partial charge on any atom is 0.331 e. The van der Waals surface area contributed by atoms with E-state index in [1.807, 2.05) is 0 Å². The van der Waals surface area contributed by atoms with E-state index in [2.05, 4.69) is 0 Å². The average Bonchev–Trinajstić information content (AvgIpc) is 2.43. The Bertz CT molecular complexity index is 517. The quantitative estimate of drug-likeness (QED) is 0.629. The second-order valence-corrected chi connectivity index (χ2v) is 3.85. The van der Waals surface area contributed by atoms with Crippen molar-refractivity contribution in [3.05, 3.63) is 29.3 Å². The van der Waals surface area contributed by atoms with Gasteiger partial charge in [0.2, 0.25) is 0 Å². The van der Waals surface area contributed by atoms with Crippen molar-refractivity contribution in [1.82, 2.24) is 0 Å². The molecule has 0 aliphatic carbocycles. The van der Waals surface area contributed by atoms with Crippen LogP contribution in [0.3, 0.4) is 0 Å². The van der Waals surface area contributed by atoms with Crippen LogP contribution >= 0.6 is 0 Å². The van der Waals surface area contributed by atoms with Gasteiger partial charge in [-0.15, -0.1) is 0 Å². The number of aliphatic carboxylic acids is 1. The molecule has 1 N–H and O–H groups in total. The molecule has 0 atom stereocenters. The molecular formula is C14H16O5. The highest BCUT2D eigenvalue weighted by Crippen LogP contribution is 2.32. The van der Waals surface area contributed by atoms with Crippen LogP contribution in [0.25, 0.3) is 5.57 Å². The van der Waals surface area contributed by atoms with Crippen LogP contribution in [0, 0.1) is 0 Å². The lowest BCUT2D eigenvalue weighted by Gasteiger charge is -2.12. The summed E-state index contributed by atoms with van der Waals surface area (Å²) in [5.41, 5.74) is 1.23. The molecule has 0 bridgehead atoms. The van der Waals surface area contributed by atoms with Crippen molar-refractivity contribution in [3.63, 3.8) is 0 Å². The summed E-state index contributed by atoms with van der Waals surface area (Å²) in [6, 6.07) is 5.03. The summed E-state index contributed by atoms with van der Waals surface area (Å²) in [5, 5.41) is 9.04. The molecule has 102 valence electrons. The minimum atomic E-state index is -1.05. The van der Waals surface area contributed by atoms with Crippen molar-refractivity contribution >= 4 is 17.8 Å². The lowest BCUT2D eigenvalue weighted by atomic mass is 9.98. The van der Waals surface area contributed by atoms with Gasteiger partial charge >= 0.3 is 5.97 Å². The van der Waals surface area contributed by atoms with E-state index in [4.69, 9.17) is 14.6 Å². The van der Waals surface area contributed by atoms with Crippen molar-refractivity contribution in [1.29, 1.82) is 0 Å².